The van der Waals surface area contributed by atoms with Crippen LogP contribution in [0.15, 0.2) is 24.3 Å². The van der Waals surface area contributed by atoms with Crippen LogP contribution in [0.1, 0.15) is 20.7 Å². The summed E-state index contributed by atoms with van der Waals surface area (Å²) in [6.45, 7) is -0.414. The molecule has 0 aliphatic carbocycles. The molecule has 1 aromatic rings. The van der Waals surface area contributed by atoms with Crippen molar-refractivity contribution in [2.24, 2.45) is 0 Å². The number of fused-ring (bicyclic) bond motifs is 1. The van der Waals surface area contributed by atoms with Gasteiger partial charge in [0.05, 0.1) is 17.7 Å². The first-order chi connectivity index (χ1) is 8.65. The largest absolute Gasteiger partial charge is 0.395 e. The molecule has 6 nitrogen and oxygen atoms in total. The maximum absolute atomic E-state index is 11.9. The number of aliphatic hydroxyl groups is 1. The minimum absolute atomic E-state index is 0.0992. The monoisotopic (exact) mass is 248 g/mol. The van der Waals surface area contributed by atoms with Crippen LogP contribution in [-0.2, 0) is 4.79 Å². The number of hydrogen-bond acceptors (Lipinski definition) is 4. The topological polar surface area (TPSA) is 86.7 Å². The van der Waals surface area contributed by atoms with E-state index in [1.54, 1.807) is 24.3 Å². The van der Waals surface area contributed by atoms with E-state index in [4.69, 9.17) is 5.11 Å². The molecule has 0 fully saturated rings. The molecule has 94 valence electrons. The highest BCUT2D eigenvalue weighted by atomic mass is 16.3. The van der Waals surface area contributed by atoms with E-state index in [2.05, 4.69) is 5.32 Å². The number of nitrogens with one attached hydrogen (secondary N) is 1. The van der Waals surface area contributed by atoms with Gasteiger partial charge in [-0.1, -0.05) is 12.1 Å². The molecule has 0 bridgehead atoms. The SMILES string of the molecule is O=C(CN1C(=O)c2ccccc2C1=O)NCCO. The van der Waals surface area contributed by atoms with Gasteiger partial charge in [0, 0.05) is 6.54 Å². The van der Waals surface area contributed by atoms with Gasteiger partial charge in [-0.25, -0.2) is 0 Å². The Morgan fingerprint density at radius 2 is 1.72 bits per heavy atom. The predicted molar refractivity (Wildman–Crippen MR) is 61.9 cm³/mol. The molecule has 0 atom stereocenters. The maximum Gasteiger partial charge on any atom is 0.262 e. The number of benzene rings is 1. The van der Waals surface area contributed by atoms with Gasteiger partial charge in [-0.05, 0) is 12.1 Å². The number of carbonyl (C=O) groups excluding carboxylic acids is 3. The lowest BCUT2D eigenvalue weighted by Gasteiger charge is -2.12. The van der Waals surface area contributed by atoms with E-state index in [0.717, 1.165) is 4.90 Å². The van der Waals surface area contributed by atoms with Gasteiger partial charge in [-0.2, -0.15) is 0 Å². The Morgan fingerprint density at radius 3 is 2.22 bits per heavy atom. The number of nitrogens with zero attached hydrogens (tertiary/aromatic N) is 1. The van der Waals surface area contributed by atoms with Crippen LogP contribution in [0.5, 0.6) is 0 Å². The highest BCUT2D eigenvalue weighted by Gasteiger charge is 2.35. The highest BCUT2D eigenvalue weighted by molar-refractivity contribution is 6.22. The molecule has 1 aliphatic heterocycles. The quantitative estimate of drug-likeness (QED) is 0.696. The summed E-state index contributed by atoms with van der Waals surface area (Å²) in [5, 5.41) is 11.0. The molecular weight excluding hydrogens is 236 g/mol. The van der Waals surface area contributed by atoms with Crippen molar-refractivity contribution in [2.45, 2.75) is 0 Å². The molecule has 1 aromatic carbocycles. The Bertz CT molecular complexity index is 478. The molecule has 0 unspecified atom stereocenters. The lowest BCUT2D eigenvalue weighted by atomic mass is 10.1. The van der Waals surface area contributed by atoms with Gasteiger partial charge < -0.3 is 10.4 Å². The molecular formula is C12H12N2O4. The summed E-state index contributed by atoms with van der Waals surface area (Å²) in [5.74, 6) is -1.40. The van der Waals surface area contributed by atoms with Crippen LogP contribution in [-0.4, -0.2) is 47.4 Å². The normalized spacial score (nSPS) is 13.7. The van der Waals surface area contributed by atoms with Gasteiger partial charge in [0.15, 0.2) is 0 Å². The lowest BCUT2D eigenvalue weighted by Crippen LogP contribution is -2.41. The number of amides is 3. The molecule has 0 saturated carbocycles. The molecule has 0 spiro atoms. The lowest BCUT2D eigenvalue weighted by molar-refractivity contribution is -0.121. The van der Waals surface area contributed by atoms with Crippen LogP contribution in [0.25, 0.3) is 0 Å². The third-order valence-electron chi connectivity index (χ3n) is 2.61. The van der Waals surface area contributed by atoms with E-state index < -0.39 is 17.7 Å². The van der Waals surface area contributed by atoms with E-state index in [-0.39, 0.29) is 19.7 Å². The third-order valence-corrected chi connectivity index (χ3v) is 2.61. The van der Waals surface area contributed by atoms with Crippen LogP contribution >= 0.6 is 0 Å². The van der Waals surface area contributed by atoms with Crippen molar-refractivity contribution in [3.8, 4) is 0 Å². The number of carbonyl (C=O) groups is 3. The molecule has 0 radical (unpaired) electrons. The van der Waals surface area contributed by atoms with Crippen LogP contribution in [0.4, 0.5) is 0 Å². The van der Waals surface area contributed by atoms with Crippen LogP contribution < -0.4 is 5.32 Å². The van der Waals surface area contributed by atoms with Crippen LogP contribution in [0.2, 0.25) is 0 Å². The van der Waals surface area contributed by atoms with E-state index >= 15 is 0 Å². The third kappa shape index (κ3) is 2.10. The second-order valence-electron chi connectivity index (χ2n) is 3.82. The van der Waals surface area contributed by atoms with Gasteiger partial charge in [0.2, 0.25) is 5.91 Å². The summed E-state index contributed by atoms with van der Waals surface area (Å²) in [4.78, 5) is 36.1. The standard InChI is InChI=1S/C12H12N2O4/c15-6-5-13-10(16)7-14-11(17)8-3-1-2-4-9(8)12(14)18/h1-4,15H,5-7H2,(H,13,16). The summed E-state index contributed by atoms with van der Waals surface area (Å²) in [6, 6.07) is 6.45. The molecule has 6 heteroatoms. The maximum atomic E-state index is 11.9. The van der Waals surface area contributed by atoms with E-state index in [1.165, 1.54) is 0 Å². The minimum atomic E-state index is -0.474. The molecule has 0 saturated heterocycles. The molecule has 2 rings (SSSR count). The smallest absolute Gasteiger partial charge is 0.262 e. The fourth-order valence-electron chi connectivity index (χ4n) is 1.78. The first-order valence-electron chi connectivity index (χ1n) is 5.48. The van der Waals surface area contributed by atoms with Crippen molar-refractivity contribution >= 4 is 17.7 Å². The zero-order chi connectivity index (χ0) is 13.1. The van der Waals surface area contributed by atoms with E-state index in [1.807, 2.05) is 0 Å². The van der Waals surface area contributed by atoms with Gasteiger partial charge in [0.25, 0.3) is 11.8 Å². The molecule has 3 amide bonds. The summed E-state index contributed by atoms with van der Waals surface area (Å²) in [5.41, 5.74) is 0.634. The molecule has 2 N–H and O–H groups in total. The van der Waals surface area contributed by atoms with E-state index in [0.29, 0.717) is 11.1 Å². The second-order valence-corrected chi connectivity index (χ2v) is 3.82. The Labute approximate surface area is 103 Å². The van der Waals surface area contributed by atoms with Crippen molar-refractivity contribution in [1.82, 2.24) is 10.2 Å². The second kappa shape index (κ2) is 4.97. The number of hydrogen-bond donors (Lipinski definition) is 2. The average molecular weight is 248 g/mol. The Kier molecular flexibility index (Phi) is 3.38. The zero-order valence-corrected chi connectivity index (χ0v) is 9.55. The number of imide groups is 1. The predicted octanol–water partition coefficient (Wildman–Crippen LogP) is -0.609. The molecule has 18 heavy (non-hydrogen) atoms. The zero-order valence-electron chi connectivity index (χ0n) is 9.55. The van der Waals surface area contributed by atoms with E-state index in [9.17, 15) is 14.4 Å². The van der Waals surface area contributed by atoms with Gasteiger partial charge >= 0.3 is 0 Å². The molecule has 1 heterocycles. The minimum Gasteiger partial charge on any atom is -0.395 e. The average Bonchev–Trinajstić information content (AvgIpc) is 2.62. The Hall–Kier alpha value is -2.21. The first kappa shape index (κ1) is 12.3. The van der Waals surface area contributed by atoms with Crippen LogP contribution in [0, 0.1) is 0 Å². The van der Waals surface area contributed by atoms with Crippen molar-refractivity contribution < 1.29 is 19.5 Å². The number of aliphatic hydroxyl groups excluding tert-OH is 1. The van der Waals surface area contributed by atoms with Crippen molar-refractivity contribution in [2.75, 3.05) is 19.7 Å². The fraction of sp³-hybridized carbons (Fsp3) is 0.250. The van der Waals surface area contributed by atoms with Crippen molar-refractivity contribution in [3.63, 3.8) is 0 Å². The Morgan fingerprint density at radius 1 is 1.17 bits per heavy atom. The van der Waals surface area contributed by atoms with Crippen molar-refractivity contribution in [1.29, 1.82) is 0 Å². The summed E-state index contributed by atoms with van der Waals surface area (Å²) in [6.07, 6.45) is 0. The first-order valence-corrected chi connectivity index (χ1v) is 5.48. The fourth-order valence-corrected chi connectivity index (χ4v) is 1.78. The van der Waals surface area contributed by atoms with Gasteiger partial charge in [0.1, 0.15) is 6.54 Å². The molecule has 1 aliphatic rings. The van der Waals surface area contributed by atoms with Gasteiger partial charge in [-0.3, -0.25) is 19.3 Å². The summed E-state index contributed by atoms with van der Waals surface area (Å²) >= 11 is 0. The summed E-state index contributed by atoms with van der Waals surface area (Å²) in [7, 11) is 0. The highest BCUT2D eigenvalue weighted by Crippen LogP contribution is 2.21. The molecule has 0 aromatic heterocycles. The Balaban J connectivity index is 2.11. The number of rotatable bonds is 4. The van der Waals surface area contributed by atoms with Crippen LogP contribution in [0.3, 0.4) is 0 Å². The van der Waals surface area contributed by atoms with Crippen molar-refractivity contribution in [3.05, 3.63) is 35.4 Å². The summed E-state index contributed by atoms with van der Waals surface area (Å²) < 4.78 is 0. The van der Waals surface area contributed by atoms with Gasteiger partial charge in [-0.15, -0.1) is 0 Å².